The maximum atomic E-state index is 11.8. The van der Waals surface area contributed by atoms with Crippen LogP contribution in [0.25, 0.3) is 11.5 Å². The van der Waals surface area contributed by atoms with Gasteiger partial charge in [-0.25, -0.2) is 4.79 Å². The maximum Gasteiger partial charge on any atom is 0.345 e. The van der Waals surface area contributed by atoms with E-state index in [1.54, 1.807) is 48.5 Å². The van der Waals surface area contributed by atoms with Crippen molar-refractivity contribution in [1.82, 2.24) is 10.2 Å². The van der Waals surface area contributed by atoms with Crippen molar-refractivity contribution in [3.05, 3.63) is 64.1 Å². The molecule has 138 valence electrons. The van der Waals surface area contributed by atoms with Gasteiger partial charge in [-0.2, -0.15) is 0 Å². The van der Waals surface area contributed by atoms with Crippen molar-refractivity contribution >= 4 is 46.8 Å². The predicted octanol–water partition coefficient (Wildman–Crippen LogP) is 4.00. The van der Waals surface area contributed by atoms with E-state index in [-0.39, 0.29) is 16.8 Å². The van der Waals surface area contributed by atoms with Gasteiger partial charge in [-0.3, -0.25) is 0 Å². The average Bonchev–Trinajstić information content (AvgIpc) is 3.14. The molecular formula is C17H12Cl2N4O3S. The number of hydrogen-bond acceptors (Lipinski definition) is 7. The Labute approximate surface area is 168 Å². The van der Waals surface area contributed by atoms with E-state index in [9.17, 15) is 4.79 Å². The van der Waals surface area contributed by atoms with E-state index in [2.05, 4.69) is 15.4 Å². The van der Waals surface area contributed by atoms with Gasteiger partial charge in [0.1, 0.15) is 5.75 Å². The summed E-state index contributed by atoms with van der Waals surface area (Å²) in [6.07, 6.45) is 0. The van der Waals surface area contributed by atoms with Gasteiger partial charge in [0.2, 0.25) is 5.89 Å². The van der Waals surface area contributed by atoms with Crippen molar-refractivity contribution in [2.45, 2.75) is 5.22 Å². The first-order valence-corrected chi connectivity index (χ1v) is 9.27. The smallest absolute Gasteiger partial charge is 0.345 e. The Morgan fingerprint density at radius 3 is 2.37 bits per heavy atom. The Morgan fingerprint density at radius 1 is 1.07 bits per heavy atom. The van der Waals surface area contributed by atoms with Crippen LogP contribution < -0.4 is 5.73 Å². The van der Waals surface area contributed by atoms with Crippen molar-refractivity contribution in [3.8, 4) is 11.5 Å². The second-order valence-corrected chi connectivity index (χ2v) is 6.91. The van der Waals surface area contributed by atoms with Gasteiger partial charge in [0, 0.05) is 21.2 Å². The summed E-state index contributed by atoms with van der Waals surface area (Å²) in [4.78, 5) is 16.6. The normalized spacial score (nSPS) is 11.4. The number of nitrogens with two attached hydrogens (primary N) is 1. The molecule has 0 aliphatic heterocycles. The number of hydrogen-bond donors (Lipinski definition) is 1. The Balaban J connectivity index is 1.52. The monoisotopic (exact) mass is 422 g/mol. The molecule has 1 heterocycles. The molecule has 0 aliphatic carbocycles. The molecule has 0 saturated heterocycles. The van der Waals surface area contributed by atoms with E-state index in [0.29, 0.717) is 21.5 Å². The number of nitrogens with zero attached hydrogens (tertiary/aromatic N) is 3. The van der Waals surface area contributed by atoms with Crippen LogP contribution in [0.4, 0.5) is 0 Å². The van der Waals surface area contributed by atoms with Gasteiger partial charge in [-0.15, -0.1) is 10.2 Å². The zero-order valence-corrected chi connectivity index (χ0v) is 16.0. The van der Waals surface area contributed by atoms with Crippen LogP contribution in [-0.2, 0) is 9.63 Å². The van der Waals surface area contributed by atoms with Crippen LogP contribution >= 0.6 is 35.0 Å². The first-order chi connectivity index (χ1) is 13.0. The number of halogens is 2. The maximum absolute atomic E-state index is 11.8. The fourth-order valence-electron chi connectivity index (χ4n) is 1.90. The molecule has 0 unspecified atom stereocenters. The fourth-order valence-corrected chi connectivity index (χ4v) is 2.68. The first-order valence-electron chi connectivity index (χ1n) is 7.53. The lowest BCUT2D eigenvalue weighted by molar-refractivity contribution is -0.140. The Bertz CT molecular complexity index is 959. The molecular weight excluding hydrogens is 411 g/mol. The van der Waals surface area contributed by atoms with Crippen LogP contribution in [-0.4, -0.2) is 27.8 Å². The van der Waals surface area contributed by atoms with Crippen molar-refractivity contribution in [2.75, 3.05) is 5.75 Å². The highest BCUT2D eigenvalue weighted by Crippen LogP contribution is 2.24. The van der Waals surface area contributed by atoms with Crippen LogP contribution in [0.15, 0.2) is 63.3 Å². The summed E-state index contributed by atoms with van der Waals surface area (Å²) in [5.74, 6) is -0.289. The number of benzene rings is 2. The molecule has 3 rings (SSSR count). The first kappa shape index (κ1) is 19.2. The Morgan fingerprint density at radius 2 is 1.70 bits per heavy atom. The molecule has 1 aromatic heterocycles. The molecule has 0 radical (unpaired) electrons. The SMILES string of the molecule is N/C(=N\OC(=O)CSc1nnc(-c2ccc(Cl)cc2)o1)c1ccc(Cl)cc1. The van der Waals surface area contributed by atoms with Gasteiger partial charge in [-0.1, -0.05) is 40.1 Å². The summed E-state index contributed by atoms with van der Waals surface area (Å²) in [6, 6.07) is 13.6. The highest BCUT2D eigenvalue weighted by atomic mass is 35.5. The number of oxime groups is 1. The van der Waals surface area contributed by atoms with E-state index < -0.39 is 5.97 Å². The fraction of sp³-hybridized carbons (Fsp3) is 0.0588. The van der Waals surface area contributed by atoms with Gasteiger partial charge in [0.25, 0.3) is 5.22 Å². The molecule has 0 bridgehead atoms. The third-order valence-corrected chi connectivity index (χ3v) is 4.49. The summed E-state index contributed by atoms with van der Waals surface area (Å²) >= 11 is 12.7. The van der Waals surface area contributed by atoms with Gasteiger partial charge >= 0.3 is 5.97 Å². The van der Waals surface area contributed by atoms with Crippen molar-refractivity contribution in [1.29, 1.82) is 0 Å². The predicted molar refractivity (Wildman–Crippen MR) is 104 cm³/mol. The van der Waals surface area contributed by atoms with Crippen LogP contribution in [0, 0.1) is 0 Å². The van der Waals surface area contributed by atoms with Crippen molar-refractivity contribution in [3.63, 3.8) is 0 Å². The summed E-state index contributed by atoms with van der Waals surface area (Å²) in [5, 5.41) is 12.8. The lowest BCUT2D eigenvalue weighted by Gasteiger charge is -2.00. The molecule has 0 aliphatic rings. The third kappa shape index (κ3) is 5.46. The lowest BCUT2D eigenvalue weighted by Crippen LogP contribution is -2.15. The minimum absolute atomic E-state index is 0.0628. The summed E-state index contributed by atoms with van der Waals surface area (Å²) < 4.78 is 5.48. The van der Waals surface area contributed by atoms with Gasteiger partial charge in [-0.05, 0) is 48.5 Å². The van der Waals surface area contributed by atoms with Crippen LogP contribution in [0.2, 0.25) is 10.0 Å². The van der Waals surface area contributed by atoms with Crippen LogP contribution in [0.5, 0.6) is 0 Å². The Hall–Kier alpha value is -2.55. The third-order valence-electron chi connectivity index (χ3n) is 3.20. The lowest BCUT2D eigenvalue weighted by atomic mass is 10.2. The largest absolute Gasteiger partial charge is 0.411 e. The zero-order valence-electron chi connectivity index (χ0n) is 13.6. The number of thioether (sulfide) groups is 1. The van der Waals surface area contributed by atoms with Gasteiger partial charge < -0.3 is 15.0 Å². The van der Waals surface area contributed by atoms with Crippen LogP contribution in [0.1, 0.15) is 5.56 Å². The topological polar surface area (TPSA) is 104 Å². The number of rotatable bonds is 6. The van der Waals surface area contributed by atoms with Crippen molar-refractivity contribution < 1.29 is 14.0 Å². The second-order valence-electron chi connectivity index (χ2n) is 5.12. The summed E-state index contributed by atoms with van der Waals surface area (Å²) in [5.41, 5.74) is 7.06. The van der Waals surface area contributed by atoms with E-state index in [4.69, 9.17) is 38.2 Å². The standard InChI is InChI=1S/C17H12Cl2N4O3S/c18-12-5-1-10(2-6-12)15(20)23-26-14(24)9-27-17-22-21-16(25-17)11-3-7-13(19)8-4-11/h1-8H,9H2,(H2,20,23). The Kier molecular flexibility index (Phi) is 6.33. The summed E-state index contributed by atoms with van der Waals surface area (Å²) in [7, 11) is 0. The number of aromatic nitrogens is 2. The molecule has 2 N–H and O–H groups in total. The average molecular weight is 423 g/mol. The molecule has 10 heteroatoms. The van der Waals surface area contributed by atoms with Crippen LogP contribution in [0.3, 0.4) is 0 Å². The number of amidine groups is 1. The van der Waals surface area contributed by atoms with Gasteiger partial charge in [0.05, 0.1) is 0 Å². The number of carbonyl (C=O) groups is 1. The quantitative estimate of drug-likeness (QED) is 0.210. The molecule has 0 atom stereocenters. The van der Waals surface area contributed by atoms with E-state index in [1.807, 2.05) is 0 Å². The second kappa shape index (κ2) is 8.90. The minimum atomic E-state index is -0.608. The van der Waals surface area contributed by atoms with E-state index in [0.717, 1.165) is 17.3 Å². The van der Waals surface area contributed by atoms with E-state index in [1.165, 1.54) is 0 Å². The molecule has 2 aromatic carbocycles. The highest BCUT2D eigenvalue weighted by molar-refractivity contribution is 7.99. The highest BCUT2D eigenvalue weighted by Gasteiger charge is 2.12. The molecule has 0 amide bonds. The molecule has 27 heavy (non-hydrogen) atoms. The number of carbonyl (C=O) groups excluding carboxylic acids is 1. The summed E-state index contributed by atoms with van der Waals surface area (Å²) in [6.45, 7) is 0. The van der Waals surface area contributed by atoms with Gasteiger partial charge in [0.15, 0.2) is 5.84 Å². The molecule has 0 fully saturated rings. The molecule has 0 spiro atoms. The minimum Gasteiger partial charge on any atom is -0.411 e. The zero-order chi connectivity index (χ0) is 19.2. The molecule has 3 aromatic rings. The molecule has 7 nitrogen and oxygen atoms in total. The molecule has 0 saturated carbocycles. The van der Waals surface area contributed by atoms with Crippen molar-refractivity contribution in [2.24, 2.45) is 10.9 Å². The van der Waals surface area contributed by atoms with E-state index >= 15 is 0 Å².